The lowest BCUT2D eigenvalue weighted by Gasteiger charge is -2.37. The van der Waals surface area contributed by atoms with Crippen LogP contribution in [0.4, 0.5) is 21.5 Å². The van der Waals surface area contributed by atoms with Crippen molar-refractivity contribution in [2.45, 2.75) is 0 Å². The van der Waals surface area contributed by atoms with Gasteiger partial charge in [0.05, 0.1) is 0 Å². The third-order valence-electron chi connectivity index (χ3n) is 4.35. The molecule has 1 aliphatic rings. The molecule has 0 spiro atoms. The molecule has 0 bridgehead atoms. The fourth-order valence-corrected chi connectivity index (χ4v) is 2.96. The SMILES string of the molecule is O=C(O)/C=C/C(=O)Nc1ccc(N2CCN(c3ccc(F)cc3)CC2)cc1. The number of anilines is 3. The van der Waals surface area contributed by atoms with Crippen LogP contribution in [0.3, 0.4) is 0 Å². The molecule has 1 saturated heterocycles. The monoisotopic (exact) mass is 369 g/mol. The number of halogens is 1. The number of carboxylic acids is 1. The molecule has 2 aromatic carbocycles. The minimum Gasteiger partial charge on any atom is -0.478 e. The summed E-state index contributed by atoms with van der Waals surface area (Å²) < 4.78 is 13.0. The number of nitrogens with one attached hydrogen (secondary N) is 1. The summed E-state index contributed by atoms with van der Waals surface area (Å²) in [7, 11) is 0. The lowest BCUT2D eigenvalue weighted by Crippen LogP contribution is -2.46. The van der Waals surface area contributed by atoms with Gasteiger partial charge in [0, 0.05) is 55.4 Å². The van der Waals surface area contributed by atoms with Crippen molar-refractivity contribution in [2.75, 3.05) is 41.3 Å². The van der Waals surface area contributed by atoms with Gasteiger partial charge >= 0.3 is 5.97 Å². The van der Waals surface area contributed by atoms with Gasteiger partial charge in [-0.3, -0.25) is 4.79 Å². The van der Waals surface area contributed by atoms with Gasteiger partial charge in [0.25, 0.3) is 0 Å². The number of aliphatic carboxylic acids is 1. The highest BCUT2D eigenvalue weighted by molar-refractivity contribution is 6.02. The van der Waals surface area contributed by atoms with Crippen molar-refractivity contribution in [2.24, 2.45) is 0 Å². The molecule has 0 atom stereocenters. The van der Waals surface area contributed by atoms with E-state index in [9.17, 15) is 14.0 Å². The smallest absolute Gasteiger partial charge is 0.328 e. The highest BCUT2D eigenvalue weighted by Gasteiger charge is 2.17. The molecule has 3 rings (SSSR count). The van der Waals surface area contributed by atoms with Gasteiger partial charge in [-0.05, 0) is 48.5 Å². The zero-order chi connectivity index (χ0) is 19.2. The Labute approximate surface area is 156 Å². The Morgan fingerprint density at radius 2 is 1.33 bits per heavy atom. The van der Waals surface area contributed by atoms with E-state index in [-0.39, 0.29) is 5.82 Å². The maximum Gasteiger partial charge on any atom is 0.328 e. The molecule has 7 heteroatoms. The first kappa shape index (κ1) is 18.4. The van der Waals surface area contributed by atoms with Crippen molar-refractivity contribution >= 4 is 28.9 Å². The summed E-state index contributed by atoms with van der Waals surface area (Å²) in [6.45, 7) is 3.35. The lowest BCUT2D eigenvalue weighted by molar-refractivity contribution is -0.131. The predicted octanol–water partition coefficient (Wildman–Crippen LogP) is 2.73. The Bertz CT molecular complexity index is 827. The molecular weight excluding hydrogens is 349 g/mol. The van der Waals surface area contributed by atoms with Crippen molar-refractivity contribution in [1.82, 2.24) is 0 Å². The molecule has 1 aliphatic heterocycles. The van der Waals surface area contributed by atoms with Gasteiger partial charge in [-0.25, -0.2) is 9.18 Å². The first-order valence-electron chi connectivity index (χ1n) is 8.59. The average Bonchev–Trinajstić information content (AvgIpc) is 2.68. The minimum atomic E-state index is -1.17. The number of piperazine rings is 1. The third-order valence-corrected chi connectivity index (χ3v) is 4.35. The fraction of sp³-hybridized carbons (Fsp3) is 0.200. The lowest BCUT2D eigenvalue weighted by atomic mass is 10.2. The Hall–Kier alpha value is -3.35. The Balaban J connectivity index is 1.55. The summed E-state index contributed by atoms with van der Waals surface area (Å²) in [4.78, 5) is 26.5. The van der Waals surface area contributed by atoms with E-state index in [0.717, 1.165) is 49.7 Å². The zero-order valence-electron chi connectivity index (χ0n) is 14.6. The number of hydrogen-bond acceptors (Lipinski definition) is 4. The summed E-state index contributed by atoms with van der Waals surface area (Å²) >= 11 is 0. The van der Waals surface area contributed by atoms with Crippen LogP contribution < -0.4 is 15.1 Å². The second-order valence-corrected chi connectivity index (χ2v) is 6.16. The first-order valence-corrected chi connectivity index (χ1v) is 8.59. The molecule has 0 unspecified atom stereocenters. The first-order chi connectivity index (χ1) is 13.0. The second kappa shape index (κ2) is 8.35. The van der Waals surface area contributed by atoms with E-state index in [1.165, 1.54) is 12.1 Å². The molecular formula is C20H20FN3O3. The van der Waals surface area contributed by atoms with Gasteiger partial charge in [-0.2, -0.15) is 0 Å². The van der Waals surface area contributed by atoms with Crippen LogP contribution in [0, 0.1) is 5.82 Å². The third kappa shape index (κ3) is 5.07. The number of amides is 1. The molecule has 0 aromatic heterocycles. The molecule has 1 heterocycles. The van der Waals surface area contributed by atoms with E-state index < -0.39 is 11.9 Å². The number of carboxylic acid groups (broad SMARTS) is 1. The van der Waals surface area contributed by atoms with Crippen LogP contribution in [-0.2, 0) is 9.59 Å². The van der Waals surface area contributed by atoms with Crippen molar-refractivity contribution < 1.29 is 19.1 Å². The highest BCUT2D eigenvalue weighted by atomic mass is 19.1. The average molecular weight is 369 g/mol. The molecule has 140 valence electrons. The summed E-state index contributed by atoms with van der Waals surface area (Å²) in [5.74, 6) is -1.89. The maximum atomic E-state index is 13.0. The molecule has 2 N–H and O–H groups in total. The predicted molar refractivity (Wildman–Crippen MR) is 103 cm³/mol. The standard InChI is InChI=1S/C20H20FN3O3/c21-15-1-5-17(6-2-15)23-11-13-24(14-12-23)18-7-3-16(4-8-18)22-19(25)9-10-20(26)27/h1-10H,11-14H2,(H,22,25)(H,26,27)/b10-9+. The molecule has 1 fully saturated rings. The zero-order valence-corrected chi connectivity index (χ0v) is 14.6. The highest BCUT2D eigenvalue weighted by Crippen LogP contribution is 2.22. The van der Waals surface area contributed by atoms with Gasteiger partial charge in [-0.1, -0.05) is 0 Å². The number of rotatable bonds is 5. The quantitative estimate of drug-likeness (QED) is 0.793. The Morgan fingerprint density at radius 1 is 0.852 bits per heavy atom. The topological polar surface area (TPSA) is 72.9 Å². The van der Waals surface area contributed by atoms with E-state index in [2.05, 4.69) is 15.1 Å². The second-order valence-electron chi connectivity index (χ2n) is 6.16. The van der Waals surface area contributed by atoms with Crippen LogP contribution in [0.15, 0.2) is 60.7 Å². The van der Waals surface area contributed by atoms with E-state index in [0.29, 0.717) is 5.69 Å². The minimum absolute atomic E-state index is 0.233. The Kier molecular flexibility index (Phi) is 5.71. The molecule has 2 aromatic rings. The van der Waals surface area contributed by atoms with E-state index in [1.807, 2.05) is 12.1 Å². The maximum absolute atomic E-state index is 13.0. The number of benzene rings is 2. The van der Waals surface area contributed by atoms with Crippen LogP contribution in [0.1, 0.15) is 0 Å². The van der Waals surface area contributed by atoms with Crippen LogP contribution in [0.2, 0.25) is 0 Å². The van der Waals surface area contributed by atoms with Crippen LogP contribution >= 0.6 is 0 Å². The number of carbonyl (C=O) groups is 2. The number of carbonyl (C=O) groups excluding carboxylic acids is 1. The van der Waals surface area contributed by atoms with Gasteiger partial charge in [0.1, 0.15) is 5.82 Å². The molecule has 0 saturated carbocycles. The molecule has 1 amide bonds. The number of nitrogens with zero attached hydrogens (tertiary/aromatic N) is 2. The van der Waals surface area contributed by atoms with E-state index in [4.69, 9.17) is 5.11 Å². The van der Waals surface area contributed by atoms with Crippen molar-refractivity contribution in [3.05, 3.63) is 66.5 Å². The largest absolute Gasteiger partial charge is 0.478 e. The number of hydrogen-bond donors (Lipinski definition) is 2. The van der Waals surface area contributed by atoms with E-state index in [1.54, 1.807) is 24.3 Å². The Morgan fingerprint density at radius 3 is 1.81 bits per heavy atom. The van der Waals surface area contributed by atoms with Gasteiger partial charge in [0.15, 0.2) is 0 Å². The molecule has 27 heavy (non-hydrogen) atoms. The summed E-state index contributed by atoms with van der Waals surface area (Å²) in [5, 5.41) is 11.1. The molecule has 0 radical (unpaired) electrons. The molecule has 0 aliphatic carbocycles. The van der Waals surface area contributed by atoms with Gasteiger partial charge < -0.3 is 20.2 Å². The van der Waals surface area contributed by atoms with Crippen LogP contribution in [0.5, 0.6) is 0 Å². The van der Waals surface area contributed by atoms with Gasteiger partial charge in [0.2, 0.25) is 5.91 Å². The van der Waals surface area contributed by atoms with Crippen LogP contribution in [-0.4, -0.2) is 43.2 Å². The summed E-state index contributed by atoms with van der Waals surface area (Å²) in [6, 6.07) is 13.9. The fourth-order valence-electron chi connectivity index (χ4n) is 2.96. The summed E-state index contributed by atoms with van der Waals surface area (Å²) in [6.07, 6.45) is 1.77. The summed E-state index contributed by atoms with van der Waals surface area (Å²) in [5.41, 5.74) is 2.67. The van der Waals surface area contributed by atoms with Gasteiger partial charge in [-0.15, -0.1) is 0 Å². The molecule has 6 nitrogen and oxygen atoms in total. The normalized spacial score (nSPS) is 14.4. The van der Waals surface area contributed by atoms with Crippen molar-refractivity contribution in [3.63, 3.8) is 0 Å². The van der Waals surface area contributed by atoms with Crippen molar-refractivity contribution in [1.29, 1.82) is 0 Å². The van der Waals surface area contributed by atoms with Crippen LogP contribution in [0.25, 0.3) is 0 Å². The van der Waals surface area contributed by atoms with E-state index >= 15 is 0 Å². The van der Waals surface area contributed by atoms with Crippen molar-refractivity contribution in [3.8, 4) is 0 Å².